The van der Waals surface area contributed by atoms with Crippen LogP contribution in [0, 0.1) is 0 Å². The number of nitrogens with one attached hydrogen (secondary N) is 1. The van der Waals surface area contributed by atoms with E-state index in [9.17, 15) is 4.79 Å². The molecule has 0 amide bonds. The Morgan fingerprint density at radius 3 is 3.21 bits per heavy atom. The molecule has 0 aliphatic carbocycles. The molecular formula is C12H13N5OS. The van der Waals surface area contributed by atoms with Gasteiger partial charge in [-0.3, -0.25) is 9.69 Å². The van der Waals surface area contributed by atoms with Gasteiger partial charge in [-0.15, -0.1) is 21.5 Å². The highest BCUT2D eigenvalue weighted by Crippen LogP contribution is 2.18. The Hall–Kier alpha value is -1.86. The van der Waals surface area contributed by atoms with Crippen LogP contribution >= 0.6 is 11.3 Å². The lowest BCUT2D eigenvalue weighted by atomic mass is 10.1. The minimum atomic E-state index is 0.171. The first kappa shape index (κ1) is 12.2. The molecule has 6 nitrogen and oxygen atoms in total. The molecule has 2 aromatic rings. The largest absolute Gasteiger partial charge is 0.292 e. The summed E-state index contributed by atoms with van der Waals surface area (Å²) in [7, 11) is 0. The molecule has 0 fully saturated rings. The van der Waals surface area contributed by atoms with E-state index in [0.717, 1.165) is 23.4 Å². The lowest BCUT2D eigenvalue weighted by Gasteiger charge is -2.25. The number of hydrogen-bond acceptors (Lipinski definition) is 6. The molecule has 0 aromatic carbocycles. The Morgan fingerprint density at radius 1 is 1.53 bits per heavy atom. The molecule has 1 aliphatic rings. The Labute approximate surface area is 114 Å². The molecule has 3 heterocycles. The first-order valence-corrected chi connectivity index (χ1v) is 6.93. The third-order valence-electron chi connectivity index (χ3n) is 3.03. The van der Waals surface area contributed by atoms with Crippen LogP contribution in [0.5, 0.6) is 0 Å². The summed E-state index contributed by atoms with van der Waals surface area (Å²) in [6, 6.07) is 3.77. The molecule has 0 atom stereocenters. The maximum atomic E-state index is 12.1. The van der Waals surface area contributed by atoms with Crippen molar-refractivity contribution in [2.24, 2.45) is 0 Å². The summed E-state index contributed by atoms with van der Waals surface area (Å²) in [6.45, 7) is 2.02. The molecule has 0 radical (unpaired) electrons. The number of tetrazole rings is 1. The van der Waals surface area contributed by atoms with Gasteiger partial charge >= 0.3 is 0 Å². The van der Waals surface area contributed by atoms with Crippen LogP contribution in [-0.4, -0.2) is 50.9 Å². The van der Waals surface area contributed by atoms with E-state index in [1.54, 1.807) is 0 Å². The van der Waals surface area contributed by atoms with Crippen molar-refractivity contribution >= 4 is 22.7 Å². The van der Waals surface area contributed by atoms with Crippen LogP contribution in [0.4, 0.5) is 0 Å². The molecule has 0 bridgehead atoms. The van der Waals surface area contributed by atoms with Gasteiger partial charge in [-0.2, -0.15) is 5.21 Å². The topological polar surface area (TPSA) is 74.8 Å². The minimum Gasteiger partial charge on any atom is -0.292 e. The molecule has 19 heavy (non-hydrogen) atoms. The maximum absolute atomic E-state index is 12.1. The normalized spacial score (nSPS) is 16.3. The van der Waals surface area contributed by atoms with Crippen molar-refractivity contribution in [2.45, 2.75) is 6.42 Å². The monoisotopic (exact) mass is 275 g/mol. The van der Waals surface area contributed by atoms with Gasteiger partial charge in [0, 0.05) is 18.7 Å². The molecule has 1 aliphatic heterocycles. The number of thiophene rings is 1. The van der Waals surface area contributed by atoms with Gasteiger partial charge in [0.05, 0.1) is 11.4 Å². The van der Waals surface area contributed by atoms with E-state index < -0.39 is 0 Å². The zero-order valence-electron chi connectivity index (χ0n) is 10.2. The van der Waals surface area contributed by atoms with Crippen LogP contribution in [0.15, 0.2) is 23.6 Å². The molecule has 3 rings (SSSR count). The maximum Gasteiger partial charge on any atom is 0.201 e. The third kappa shape index (κ3) is 2.77. The third-order valence-corrected chi connectivity index (χ3v) is 3.94. The molecule has 98 valence electrons. The Bertz CT molecular complexity index is 575. The number of Topliss-reactive ketones (excluding diaryl/α,β-unsaturated/α-hetero) is 1. The second-order valence-corrected chi connectivity index (χ2v) is 5.31. The van der Waals surface area contributed by atoms with Gasteiger partial charge in [0.2, 0.25) is 5.82 Å². The number of carbonyl (C=O) groups excluding carboxylic acids is 1. The van der Waals surface area contributed by atoms with E-state index in [2.05, 4.69) is 31.6 Å². The molecule has 0 saturated carbocycles. The second kappa shape index (κ2) is 5.41. The van der Waals surface area contributed by atoms with E-state index in [1.807, 2.05) is 17.5 Å². The van der Waals surface area contributed by atoms with Crippen molar-refractivity contribution in [3.63, 3.8) is 0 Å². The fourth-order valence-electron chi connectivity index (χ4n) is 2.12. The lowest BCUT2D eigenvalue weighted by molar-refractivity contribution is 0.0942. The van der Waals surface area contributed by atoms with Gasteiger partial charge in [-0.1, -0.05) is 12.1 Å². The zero-order chi connectivity index (χ0) is 13.1. The van der Waals surface area contributed by atoms with Crippen molar-refractivity contribution < 1.29 is 4.79 Å². The van der Waals surface area contributed by atoms with Crippen LogP contribution in [0.2, 0.25) is 0 Å². The van der Waals surface area contributed by atoms with E-state index in [0.29, 0.717) is 18.9 Å². The predicted molar refractivity (Wildman–Crippen MR) is 71.9 cm³/mol. The van der Waals surface area contributed by atoms with Crippen LogP contribution in [-0.2, 0) is 0 Å². The lowest BCUT2D eigenvalue weighted by Crippen LogP contribution is -2.34. The molecule has 0 saturated heterocycles. The van der Waals surface area contributed by atoms with Crippen molar-refractivity contribution in [1.29, 1.82) is 0 Å². The first-order valence-electron chi connectivity index (χ1n) is 6.05. The Balaban J connectivity index is 1.65. The van der Waals surface area contributed by atoms with Crippen LogP contribution < -0.4 is 0 Å². The fourth-order valence-corrected chi connectivity index (χ4v) is 2.78. The number of nitrogens with zero attached hydrogens (tertiary/aromatic N) is 4. The standard InChI is InChI=1S/C12H13N5OS/c18-10(11-4-2-6-19-11)8-17-5-1-3-9(7-17)12-13-15-16-14-12/h2-4,6H,1,5,7-8H2,(H,13,14,15,16). The van der Waals surface area contributed by atoms with Gasteiger partial charge in [-0.05, 0) is 23.1 Å². The van der Waals surface area contributed by atoms with Gasteiger partial charge < -0.3 is 0 Å². The summed E-state index contributed by atoms with van der Waals surface area (Å²) in [5.74, 6) is 0.789. The zero-order valence-corrected chi connectivity index (χ0v) is 11.1. The number of aromatic nitrogens is 4. The van der Waals surface area contributed by atoms with Gasteiger partial charge in [-0.25, -0.2) is 0 Å². The number of carbonyl (C=O) groups is 1. The number of H-pyrrole nitrogens is 1. The van der Waals surface area contributed by atoms with Crippen LogP contribution in [0.1, 0.15) is 21.9 Å². The number of rotatable bonds is 4. The number of hydrogen-bond donors (Lipinski definition) is 1. The SMILES string of the molecule is O=C(CN1CCC=C(c2nn[nH]n2)C1)c1cccs1. The van der Waals surface area contributed by atoms with E-state index in [4.69, 9.17) is 0 Å². The number of ketones is 1. The van der Waals surface area contributed by atoms with E-state index in [1.165, 1.54) is 11.3 Å². The highest BCUT2D eigenvalue weighted by atomic mass is 32.1. The molecule has 1 N–H and O–H groups in total. The van der Waals surface area contributed by atoms with E-state index in [-0.39, 0.29) is 5.78 Å². The average molecular weight is 275 g/mol. The minimum absolute atomic E-state index is 0.171. The fraction of sp³-hybridized carbons (Fsp3) is 0.333. The molecule has 0 spiro atoms. The molecule has 0 unspecified atom stereocenters. The van der Waals surface area contributed by atoms with Crippen LogP contribution in [0.25, 0.3) is 5.57 Å². The smallest absolute Gasteiger partial charge is 0.201 e. The Kier molecular flexibility index (Phi) is 3.47. The van der Waals surface area contributed by atoms with Gasteiger partial charge in [0.1, 0.15) is 0 Å². The summed E-state index contributed by atoms with van der Waals surface area (Å²) in [5.41, 5.74) is 1.03. The predicted octanol–water partition coefficient (Wildman–Crippen LogP) is 1.23. The number of aromatic amines is 1. The van der Waals surface area contributed by atoms with Crippen molar-refractivity contribution in [3.8, 4) is 0 Å². The Morgan fingerprint density at radius 2 is 2.47 bits per heavy atom. The molecule has 7 heteroatoms. The summed E-state index contributed by atoms with van der Waals surface area (Å²) in [4.78, 5) is 15.0. The highest BCUT2D eigenvalue weighted by Gasteiger charge is 2.19. The second-order valence-electron chi connectivity index (χ2n) is 4.36. The highest BCUT2D eigenvalue weighted by molar-refractivity contribution is 7.12. The average Bonchev–Trinajstić information content (AvgIpc) is 3.13. The quantitative estimate of drug-likeness (QED) is 0.850. The summed E-state index contributed by atoms with van der Waals surface area (Å²) < 4.78 is 0. The van der Waals surface area contributed by atoms with Gasteiger partial charge in [0.25, 0.3) is 0 Å². The van der Waals surface area contributed by atoms with Crippen LogP contribution in [0.3, 0.4) is 0 Å². The molecule has 2 aromatic heterocycles. The summed E-state index contributed by atoms with van der Waals surface area (Å²) >= 11 is 1.49. The van der Waals surface area contributed by atoms with Crippen molar-refractivity contribution in [2.75, 3.05) is 19.6 Å². The summed E-state index contributed by atoms with van der Waals surface area (Å²) in [6.07, 6.45) is 3.01. The first-order chi connectivity index (χ1) is 9.33. The molecular weight excluding hydrogens is 262 g/mol. The van der Waals surface area contributed by atoms with Gasteiger partial charge in [0.15, 0.2) is 5.78 Å². The summed E-state index contributed by atoms with van der Waals surface area (Å²) in [5, 5.41) is 15.9. The van der Waals surface area contributed by atoms with Crippen molar-refractivity contribution in [1.82, 2.24) is 25.5 Å². The van der Waals surface area contributed by atoms with Crippen molar-refractivity contribution in [3.05, 3.63) is 34.3 Å². The van der Waals surface area contributed by atoms with E-state index >= 15 is 0 Å².